The molecule has 2 nitrogen and oxygen atoms in total. The van der Waals surface area contributed by atoms with Crippen molar-refractivity contribution in [3.8, 4) is 0 Å². The van der Waals surface area contributed by atoms with Crippen molar-refractivity contribution < 1.29 is 0 Å². The van der Waals surface area contributed by atoms with Crippen molar-refractivity contribution >= 4 is 17.0 Å². The number of hydrogen-bond acceptors (Lipinski definition) is 3. The fraction of sp³-hybridized carbons (Fsp3) is 0.444. The molecule has 4 rings (SSSR count). The highest BCUT2D eigenvalue weighted by Crippen LogP contribution is 2.29. The molecular weight excluding hydrogens is 276 g/mol. The lowest BCUT2D eigenvalue weighted by molar-refractivity contribution is 0.684. The van der Waals surface area contributed by atoms with E-state index in [-0.39, 0.29) is 0 Å². The van der Waals surface area contributed by atoms with E-state index < -0.39 is 0 Å². The average molecular weight is 298 g/mol. The van der Waals surface area contributed by atoms with Crippen molar-refractivity contribution in [1.29, 1.82) is 0 Å². The zero-order valence-electron chi connectivity index (χ0n) is 12.6. The van der Waals surface area contributed by atoms with Gasteiger partial charge in [0.05, 0.1) is 0 Å². The lowest BCUT2D eigenvalue weighted by Crippen LogP contribution is -2.29. The molecule has 0 radical (unpaired) electrons. The van der Waals surface area contributed by atoms with Crippen LogP contribution < -0.4 is 10.2 Å². The summed E-state index contributed by atoms with van der Waals surface area (Å²) in [5, 5.41) is 5.84. The summed E-state index contributed by atoms with van der Waals surface area (Å²) in [6.07, 6.45) is 3.90. The molecule has 0 saturated heterocycles. The minimum absolute atomic E-state index is 0.781. The first-order valence-corrected chi connectivity index (χ1v) is 8.80. The zero-order valence-corrected chi connectivity index (χ0v) is 13.4. The molecule has 2 aromatic rings. The molecule has 1 N–H and O–H groups in total. The van der Waals surface area contributed by atoms with Crippen LogP contribution in [0.5, 0.6) is 0 Å². The molecule has 2 heterocycles. The van der Waals surface area contributed by atoms with Gasteiger partial charge in [0, 0.05) is 36.2 Å². The summed E-state index contributed by atoms with van der Waals surface area (Å²) in [6.45, 7) is 5.48. The van der Waals surface area contributed by atoms with Crippen LogP contribution in [0.15, 0.2) is 29.6 Å². The number of nitrogens with zero attached hydrogens (tertiary/aromatic N) is 1. The molecule has 0 amide bonds. The number of benzene rings is 1. The molecule has 1 aromatic heterocycles. The predicted molar refractivity (Wildman–Crippen MR) is 90.1 cm³/mol. The Hall–Kier alpha value is -1.32. The molecule has 0 atom stereocenters. The Balaban J connectivity index is 1.49. The van der Waals surface area contributed by atoms with Crippen LogP contribution in [0.3, 0.4) is 0 Å². The van der Waals surface area contributed by atoms with Crippen molar-refractivity contribution in [2.24, 2.45) is 0 Å². The Labute approximate surface area is 130 Å². The lowest BCUT2D eigenvalue weighted by Gasteiger charge is -2.29. The summed E-state index contributed by atoms with van der Waals surface area (Å²) < 4.78 is 0. The summed E-state index contributed by atoms with van der Waals surface area (Å²) in [6, 6.07) is 10.0. The van der Waals surface area contributed by atoms with Crippen molar-refractivity contribution in [1.82, 2.24) is 5.32 Å². The molecule has 1 aromatic carbocycles. The molecule has 1 aliphatic carbocycles. The molecular formula is C18H22N2S. The summed E-state index contributed by atoms with van der Waals surface area (Å²) in [7, 11) is 0. The van der Waals surface area contributed by atoms with Crippen molar-refractivity contribution in [3.63, 3.8) is 0 Å². The standard InChI is InChI=1S/C18H22N2S/c1-13-10-17(5-2-14(13)11-19-16-3-4-16)20-8-6-18-15(12-20)7-9-21-18/h2,5,7,9-10,16,19H,3-4,6,8,11-12H2,1H3. The molecule has 0 bridgehead atoms. The van der Waals surface area contributed by atoms with E-state index in [0.717, 1.165) is 25.7 Å². The van der Waals surface area contributed by atoms with Crippen molar-refractivity contribution in [2.45, 2.75) is 45.3 Å². The highest BCUT2D eigenvalue weighted by atomic mass is 32.1. The topological polar surface area (TPSA) is 15.3 Å². The van der Waals surface area contributed by atoms with Crippen LogP contribution in [0.2, 0.25) is 0 Å². The maximum absolute atomic E-state index is 3.61. The monoisotopic (exact) mass is 298 g/mol. The average Bonchev–Trinajstić information content (AvgIpc) is 3.21. The Morgan fingerprint density at radius 1 is 1.29 bits per heavy atom. The van der Waals surface area contributed by atoms with Crippen LogP contribution in [-0.2, 0) is 19.5 Å². The fourth-order valence-electron chi connectivity index (χ4n) is 3.09. The summed E-state index contributed by atoms with van der Waals surface area (Å²) >= 11 is 1.91. The minimum Gasteiger partial charge on any atom is -0.367 e. The molecule has 1 aliphatic heterocycles. The first-order chi connectivity index (χ1) is 10.3. The molecule has 110 valence electrons. The highest BCUT2D eigenvalue weighted by Gasteiger charge is 2.21. The normalized spacial score (nSPS) is 17.9. The van der Waals surface area contributed by atoms with Gasteiger partial charge in [0.25, 0.3) is 0 Å². The number of aryl methyl sites for hydroxylation is 1. The van der Waals surface area contributed by atoms with E-state index in [0.29, 0.717) is 0 Å². The van der Waals surface area contributed by atoms with E-state index in [9.17, 15) is 0 Å². The fourth-order valence-corrected chi connectivity index (χ4v) is 3.98. The van der Waals surface area contributed by atoms with Crippen molar-refractivity contribution in [2.75, 3.05) is 11.4 Å². The molecule has 0 spiro atoms. The Morgan fingerprint density at radius 2 is 2.19 bits per heavy atom. The second-order valence-corrected chi connectivity index (χ2v) is 7.31. The van der Waals surface area contributed by atoms with Crippen LogP contribution in [0.25, 0.3) is 0 Å². The maximum Gasteiger partial charge on any atom is 0.0440 e. The number of anilines is 1. The first kappa shape index (κ1) is 13.4. The first-order valence-electron chi connectivity index (χ1n) is 7.93. The second kappa shape index (κ2) is 5.47. The van der Waals surface area contributed by atoms with Gasteiger partial charge in [-0.3, -0.25) is 0 Å². The largest absolute Gasteiger partial charge is 0.367 e. The van der Waals surface area contributed by atoms with Gasteiger partial charge in [-0.05, 0) is 66.5 Å². The highest BCUT2D eigenvalue weighted by molar-refractivity contribution is 7.10. The van der Waals surface area contributed by atoms with Gasteiger partial charge in [-0.1, -0.05) is 6.07 Å². The third-order valence-corrected chi connectivity index (χ3v) is 5.68. The zero-order chi connectivity index (χ0) is 14.2. The number of rotatable bonds is 4. The smallest absolute Gasteiger partial charge is 0.0440 e. The number of nitrogens with one attached hydrogen (secondary N) is 1. The Kier molecular flexibility index (Phi) is 3.48. The number of hydrogen-bond donors (Lipinski definition) is 1. The predicted octanol–water partition coefficient (Wildman–Crippen LogP) is 3.87. The minimum atomic E-state index is 0.781. The van der Waals surface area contributed by atoms with Gasteiger partial charge in [0.15, 0.2) is 0 Å². The number of thiophene rings is 1. The SMILES string of the molecule is Cc1cc(N2CCc3sccc3C2)ccc1CNC1CC1. The van der Waals surface area contributed by atoms with E-state index >= 15 is 0 Å². The van der Waals surface area contributed by atoms with Gasteiger partial charge in [0.2, 0.25) is 0 Å². The summed E-state index contributed by atoms with van der Waals surface area (Å²) in [5.41, 5.74) is 5.75. The Bertz CT molecular complexity index is 642. The number of fused-ring (bicyclic) bond motifs is 1. The Morgan fingerprint density at radius 3 is 3.00 bits per heavy atom. The van der Waals surface area contributed by atoms with Crippen LogP contribution >= 0.6 is 11.3 Å². The quantitative estimate of drug-likeness (QED) is 0.922. The molecule has 1 fully saturated rings. The summed E-state index contributed by atoms with van der Waals surface area (Å²) in [4.78, 5) is 4.09. The van der Waals surface area contributed by atoms with Gasteiger partial charge in [-0.25, -0.2) is 0 Å². The summed E-state index contributed by atoms with van der Waals surface area (Å²) in [5.74, 6) is 0. The second-order valence-electron chi connectivity index (χ2n) is 6.31. The van der Waals surface area contributed by atoms with Gasteiger partial charge in [0.1, 0.15) is 0 Å². The molecule has 21 heavy (non-hydrogen) atoms. The van der Waals surface area contributed by atoms with E-state index in [1.165, 1.54) is 41.6 Å². The van der Waals surface area contributed by atoms with Crippen LogP contribution in [0.1, 0.15) is 34.4 Å². The van der Waals surface area contributed by atoms with E-state index in [2.05, 4.69) is 46.8 Å². The van der Waals surface area contributed by atoms with Gasteiger partial charge in [-0.2, -0.15) is 0 Å². The molecule has 1 saturated carbocycles. The van der Waals surface area contributed by atoms with Crippen LogP contribution in [0.4, 0.5) is 5.69 Å². The van der Waals surface area contributed by atoms with Crippen LogP contribution in [0, 0.1) is 6.92 Å². The van der Waals surface area contributed by atoms with Crippen molar-refractivity contribution in [3.05, 3.63) is 51.2 Å². The molecule has 0 unspecified atom stereocenters. The van der Waals surface area contributed by atoms with E-state index in [4.69, 9.17) is 0 Å². The van der Waals surface area contributed by atoms with E-state index in [1.54, 1.807) is 4.88 Å². The van der Waals surface area contributed by atoms with Gasteiger partial charge >= 0.3 is 0 Å². The molecule has 3 heteroatoms. The third kappa shape index (κ3) is 2.85. The molecule has 2 aliphatic rings. The lowest BCUT2D eigenvalue weighted by atomic mass is 10.0. The van der Waals surface area contributed by atoms with Gasteiger partial charge in [-0.15, -0.1) is 11.3 Å². The van der Waals surface area contributed by atoms with Gasteiger partial charge < -0.3 is 10.2 Å². The van der Waals surface area contributed by atoms with E-state index in [1.807, 2.05) is 11.3 Å². The third-order valence-electron chi connectivity index (χ3n) is 4.66. The van der Waals surface area contributed by atoms with Crippen LogP contribution in [-0.4, -0.2) is 12.6 Å². The maximum atomic E-state index is 3.61.